The number of non-ortho nitro benzene ring substituents is 1. The third kappa shape index (κ3) is 6.93. The van der Waals surface area contributed by atoms with E-state index in [0.717, 1.165) is 47.4 Å². The van der Waals surface area contributed by atoms with Gasteiger partial charge in [-0.3, -0.25) is 24.1 Å². The van der Waals surface area contributed by atoms with E-state index in [4.69, 9.17) is 9.47 Å². The molecular weight excluding hydrogens is 488 g/mol. The molecule has 1 heterocycles. The molecule has 0 saturated carbocycles. The van der Waals surface area contributed by atoms with Crippen molar-refractivity contribution in [2.24, 2.45) is 0 Å². The van der Waals surface area contributed by atoms with Crippen LogP contribution >= 0.6 is 0 Å². The Morgan fingerprint density at radius 1 is 1.22 bits per heavy atom. The first-order chi connectivity index (χ1) is 17.1. The minimum Gasteiger partial charge on any atom is -0.495 e. The van der Waals surface area contributed by atoms with Crippen LogP contribution in [0, 0.1) is 10.1 Å². The lowest BCUT2D eigenvalue weighted by atomic mass is 10.1. The molecule has 3 rings (SSSR count). The molecule has 1 amide bonds. The molecule has 0 bridgehead atoms. The van der Waals surface area contributed by atoms with Crippen molar-refractivity contribution in [3.63, 3.8) is 0 Å². The van der Waals surface area contributed by atoms with E-state index in [-0.39, 0.29) is 30.1 Å². The normalized spacial score (nSPS) is 15.2. The van der Waals surface area contributed by atoms with Crippen LogP contribution in [-0.4, -0.2) is 69.9 Å². The molecule has 2 aromatic carbocycles. The average molecular weight is 521 g/mol. The summed E-state index contributed by atoms with van der Waals surface area (Å²) in [6.07, 6.45) is 1.10. The SMILES string of the molecule is CCC(C(=O)NCc1cccc(CN2CCOCC2)c1)N(c1cc([N+](=O)[O-])ccc1OC)S(C)(=O)=O. The van der Waals surface area contributed by atoms with Crippen LogP contribution in [0.1, 0.15) is 24.5 Å². The number of ether oxygens (including phenoxy) is 2. The molecule has 0 aromatic heterocycles. The molecule has 0 radical (unpaired) electrons. The molecule has 1 aliphatic rings. The van der Waals surface area contributed by atoms with Crippen molar-refractivity contribution in [2.75, 3.05) is 44.0 Å². The maximum absolute atomic E-state index is 13.2. The van der Waals surface area contributed by atoms with Crippen LogP contribution in [0.3, 0.4) is 0 Å². The molecule has 1 N–H and O–H groups in total. The first-order valence-corrected chi connectivity index (χ1v) is 13.5. The maximum Gasteiger partial charge on any atom is 0.271 e. The van der Waals surface area contributed by atoms with Gasteiger partial charge in [-0.2, -0.15) is 0 Å². The topological polar surface area (TPSA) is 131 Å². The van der Waals surface area contributed by atoms with Crippen molar-refractivity contribution in [1.29, 1.82) is 0 Å². The van der Waals surface area contributed by atoms with Crippen molar-refractivity contribution < 1.29 is 27.6 Å². The summed E-state index contributed by atoms with van der Waals surface area (Å²) in [5.74, 6) is -0.414. The van der Waals surface area contributed by atoms with Crippen molar-refractivity contribution in [2.45, 2.75) is 32.5 Å². The number of nitro groups is 1. The molecule has 2 aromatic rings. The quantitative estimate of drug-likeness (QED) is 0.353. The minimum absolute atomic E-state index is 0.0660. The van der Waals surface area contributed by atoms with Crippen LogP contribution in [-0.2, 0) is 32.6 Å². The molecule has 1 aliphatic heterocycles. The molecule has 11 nitrogen and oxygen atoms in total. The summed E-state index contributed by atoms with van der Waals surface area (Å²) in [6, 6.07) is 10.3. The number of nitrogens with one attached hydrogen (secondary N) is 1. The van der Waals surface area contributed by atoms with Gasteiger partial charge in [-0.1, -0.05) is 31.2 Å². The first-order valence-electron chi connectivity index (χ1n) is 11.6. The van der Waals surface area contributed by atoms with Crippen molar-refractivity contribution >= 4 is 27.3 Å². The number of benzene rings is 2. The van der Waals surface area contributed by atoms with Gasteiger partial charge in [0.2, 0.25) is 15.9 Å². The molecule has 1 saturated heterocycles. The number of hydrogen-bond acceptors (Lipinski definition) is 8. The second-order valence-corrected chi connectivity index (χ2v) is 10.4. The number of amides is 1. The van der Waals surface area contributed by atoms with Gasteiger partial charge in [0.1, 0.15) is 17.5 Å². The van der Waals surface area contributed by atoms with Gasteiger partial charge >= 0.3 is 0 Å². The van der Waals surface area contributed by atoms with Crippen LogP contribution in [0.2, 0.25) is 0 Å². The standard InChI is InChI=1S/C24H32N4O7S/c1-4-21(27(36(3,32)33)22-15-20(28(30)31)8-9-23(22)34-2)24(29)25-16-18-6-5-7-19(14-18)17-26-10-12-35-13-11-26/h5-9,14-15,21H,4,10-13,16-17H2,1-3H3,(H,25,29). The molecule has 12 heteroatoms. The minimum atomic E-state index is -4.00. The highest BCUT2D eigenvalue weighted by molar-refractivity contribution is 7.92. The highest BCUT2D eigenvalue weighted by atomic mass is 32.2. The van der Waals surface area contributed by atoms with E-state index < -0.39 is 26.9 Å². The van der Waals surface area contributed by atoms with E-state index in [2.05, 4.69) is 10.2 Å². The Morgan fingerprint density at radius 2 is 1.92 bits per heavy atom. The number of nitrogens with zero attached hydrogens (tertiary/aromatic N) is 3. The Kier molecular flexibility index (Phi) is 9.24. The first kappa shape index (κ1) is 27.4. The van der Waals surface area contributed by atoms with Gasteiger partial charge in [0.05, 0.1) is 31.5 Å². The Hall–Kier alpha value is -3.22. The van der Waals surface area contributed by atoms with E-state index in [0.29, 0.717) is 13.2 Å². The van der Waals surface area contributed by atoms with Gasteiger partial charge in [-0.05, 0) is 23.6 Å². The molecule has 1 atom stereocenters. The third-order valence-corrected chi connectivity index (χ3v) is 7.07. The average Bonchev–Trinajstić information content (AvgIpc) is 2.85. The second-order valence-electron chi connectivity index (χ2n) is 8.52. The monoisotopic (exact) mass is 520 g/mol. The highest BCUT2D eigenvalue weighted by Gasteiger charge is 2.34. The largest absolute Gasteiger partial charge is 0.495 e. The lowest BCUT2D eigenvalue weighted by Gasteiger charge is -2.31. The molecular formula is C24H32N4O7S. The number of carbonyl (C=O) groups excluding carboxylic acids is 1. The zero-order valence-corrected chi connectivity index (χ0v) is 21.5. The van der Waals surface area contributed by atoms with Crippen molar-refractivity contribution in [3.05, 3.63) is 63.7 Å². The Balaban J connectivity index is 1.80. The van der Waals surface area contributed by atoms with Crippen LogP contribution in [0.4, 0.5) is 11.4 Å². The molecule has 36 heavy (non-hydrogen) atoms. The molecule has 1 fully saturated rings. The van der Waals surface area contributed by atoms with E-state index in [1.807, 2.05) is 24.3 Å². The summed E-state index contributed by atoms with van der Waals surface area (Å²) in [5.41, 5.74) is 1.60. The molecule has 0 aliphatic carbocycles. The fraction of sp³-hybridized carbons (Fsp3) is 0.458. The highest BCUT2D eigenvalue weighted by Crippen LogP contribution is 2.35. The molecule has 0 spiro atoms. The van der Waals surface area contributed by atoms with Gasteiger partial charge in [0, 0.05) is 38.3 Å². The number of methoxy groups -OCH3 is 1. The van der Waals surface area contributed by atoms with Gasteiger partial charge in [-0.15, -0.1) is 0 Å². The van der Waals surface area contributed by atoms with E-state index >= 15 is 0 Å². The van der Waals surface area contributed by atoms with Crippen molar-refractivity contribution in [3.8, 4) is 5.75 Å². The number of morpholine rings is 1. The third-order valence-electron chi connectivity index (χ3n) is 5.91. The lowest BCUT2D eigenvalue weighted by Crippen LogP contribution is -2.49. The summed E-state index contributed by atoms with van der Waals surface area (Å²) >= 11 is 0. The Bertz CT molecular complexity index is 1180. The van der Waals surface area contributed by atoms with Crippen LogP contribution in [0.25, 0.3) is 0 Å². The predicted molar refractivity (Wildman–Crippen MR) is 135 cm³/mol. The van der Waals surface area contributed by atoms with E-state index in [1.165, 1.54) is 19.2 Å². The van der Waals surface area contributed by atoms with Crippen molar-refractivity contribution in [1.82, 2.24) is 10.2 Å². The molecule has 1 unspecified atom stereocenters. The summed E-state index contributed by atoms with van der Waals surface area (Å²) in [6.45, 7) is 5.80. The number of nitro benzene ring substituents is 1. The van der Waals surface area contributed by atoms with Gasteiger partial charge in [0.15, 0.2) is 0 Å². The summed E-state index contributed by atoms with van der Waals surface area (Å²) in [4.78, 5) is 26.2. The smallest absolute Gasteiger partial charge is 0.271 e. The maximum atomic E-state index is 13.2. The summed E-state index contributed by atoms with van der Waals surface area (Å²) in [5, 5.41) is 14.1. The van der Waals surface area contributed by atoms with Gasteiger partial charge in [-0.25, -0.2) is 8.42 Å². The number of hydrogen-bond donors (Lipinski definition) is 1. The Morgan fingerprint density at radius 3 is 2.53 bits per heavy atom. The fourth-order valence-electron chi connectivity index (χ4n) is 4.16. The van der Waals surface area contributed by atoms with Crippen LogP contribution < -0.4 is 14.4 Å². The predicted octanol–water partition coefficient (Wildman–Crippen LogP) is 2.30. The van der Waals surface area contributed by atoms with Crippen LogP contribution in [0.15, 0.2) is 42.5 Å². The van der Waals surface area contributed by atoms with Gasteiger partial charge < -0.3 is 14.8 Å². The zero-order chi connectivity index (χ0) is 26.3. The number of anilines is 1. The Labute approximate surface area is 211 Å². The van der Waals surface area contributed by atoms with Gasteiger partial charge in [0.25, 0.3) is 5.69 Å². The summed E-state index contributed by atoms with van der Waals surface area (Å²) in [7, 11) is -2.67. The van der Waals surface area contributed by atoms with E-state index in [1.54, 1.807) is 6.92 Å². The lowest BCUT2D eigenvalue weighted by molar-refractivity contribution is -0.384. The fourth-order valence-corrected chi connectivity index (χ4v) is 5.37. The molecule has 196 valence electrons. The van der Waals surface area contributed by atoms with E-state index in [9.17, 15) is 23.3 Å². The van der Waals surface area contributed by atoms with Crippen LogP contribution in [0.5, 0.6) is 5.75 Å². The number of rotatable bonds is 11. The second kappa shape index (κ2) is 12.2. The number of carbonyl (C=O) groups is 1. The zero-order valence-electron chi connectivity index (χ0n) is 20.7. The summed E-state index contributed by atoms with van der Waals surface area (Å²) < 4.78 is 37.1. The number of sulfonamides is 1.